The molecule has 1 aromatic rings. The van der Waals surface area contributed by atoms with Crippen molar-refractivity contribution >= 4 is 21.4 Å². The summed E-state index contributed by atoms with van der Waals surface area (Å²) >= 11 is 1.39. The van der Waals surface area contributed by atoms with Crippen LogP contribution >= 0.6 is 11.3 Å². The van der Waals surface area contributed by atoms with E-state index in [4.69, 9.17) is 0 Å². The number of rotatable bonds is 7. The van der Waals surface area contributed by atoms with Crippen LogP contribution in [0, 0.1) is 0 Å². The molecule has 1 fully saturated rings. The van der Waals surface area contributed by atoms with Gasteiger partial charge in [0, 0.05) is 10.9 Å². The molecular formula is C14H24N2O2S2. The second-order valence-electron chi connectivity index (χ2n) is 5.28. The Bertz CT molecular complexity index is 505. The fraction of sp³-hybridized carbons (Fsp3) is 0.714. The van der Waals surface area contributed by atoms with Gasteiger partial charge in [-0.2, -0.15) is 0 Å². The number of hydrogen-bond acceptors (Lipinski definition) is 4. The molecular weight excluding hydrogens is 292 g/mol. The third kappa shape index (κ3) is 4.55. The van der Waals surface area contributed by atoms with E-state index in [0.717, 1.165) is 50.1 Å². The van der Waals surface area contributed by atoms with E-state index in [1.807, 2.05) is 6.07 Å². The number of thiophene rings is 1. The first-order valence-electron chi connectivity index (χ1n) is 7.43. The van der Waals surface area contributed by atoms with E-state index in [9.17, 15) is 8.42 Å². The summed E-state index contributed by atoms with van der Waals surface area (Å²) in [5.74, 6) is 0. The molecule has 2 rings (SSSR count). The molecule has 1 aromatic heterocycles. The molecule has 1 saturated carbocycles. The summed E-state index contributed by atoms with van der Waals surface area (Å²) < 4.78 is 28.0. The summed E-state index contributed by atoms with van der Waals surface area (Å²) in [5, 5.41) is 3.25. The van der Waals surface area contributed by atoms with E-state index in [-0.39, 0.29) is 6.04 Å². The van der Waals surface area contributed by atoms with Gasteiger partial charge in [0.25, 0.3) is 0 Å². The van der Waals surface area contributed by atoms with E-state index >= 15 is 0 Å². The van der Waals surface area contributed by atoms with Crippen LogP contribution in [0.4, 0.5) is 0 Å². The lowest BCUT2D eigenvalue weighted by Crippen LogP contribution is -2.35. The van der Waals surface area contributed by atoms with E-state index < -0.39 is 10.0 Å². The van der Waals surface area contributed by atoms with E-state index in [2.05, 4.69) is 17.0 Å². The van der Waals surface area contributed by atoms with Gasteiger partial charge in [0.05, 0.1) is 0 Å². The zero-order valence-corrected chi connectivity index (χ0v) is 13.7. The van der Waals surface area contributed by atoms with Gasteiger partial charge in [-0.1, -0.05) is 26.2 Å². The van der Waals surface area contributed by atoms with E-state index in [1.54, 1.807) is 6.07 Å². The zero-order valence-electron chi connectivity index (χ0n) is 12.0. The van der Waals surface area contributed by atoms with Crippen molar-refractivity contribution in [3.63, 3.8) is 0 Å². The molecule has 114 valence electrons. The second-order valence-corrected chi connectivity index (χ2v) is 8.39. The number of likely N-dealkylation sites (N-methyl/N-ethyl adjacent to an activating group) is 1. The molecule has 20 heavy (non-hydrogen) atoms. The molecule has 6 heteroatoms. The molecule has 0 radical (unpaired) electrons. The van der Waals surface area contributed by atoms with E-state index in [0.29, 0.717) is 4.21 Å². The molecule has 1 aliphatic carbocycles. The Hall–Kier alpha value is -0.430. The summed E-state index contributed by atoms with van der Waals surface area (Å²) in [5.41, 5.74) is 0. The first kappa shape index (κ1) is 15.9. The Morgan fingerprint density at radius 2 is 2.00 bits per heavy atom. The predicted octanol–water partition coefficient (Wildman–Crippen LogP) is 2.51. The average Bonchev–Trinajstić information content (AvgIpc) is 2.89. The third-order valence-electron chi connectivity index (χ3n) is 3.63. The molecule has 0 saturated heterocycles. The van der Waals surface area contributed by atoms with Crippen molar-refractivity contribution in [3.05, 3.63) is 17.0 Å². The maximum absolute atomic E-state index is 12.3. The Morgan fingerprint density at radius 3 is 2.70 bits per heavy atom. The van der Waals surface area contributed by atoms with Crippen LogP contribution in [0.2, 0.25) is 0 Å². The largest absolute Gasteiger partial charge is 0.317 e. The average molecular weight is 316 g/mol. The highest BCUT2D eigenvalue weighted by Gasteiger charge is 2.23. The molecule has 0 unspecified atom stereocenters. The van der Waals surface area contributed by atoms with Crippen molar-refractivity contribution in [2.24, 2.45) is 0 Å². The molecule has 1 heterocycles. The minimum absolute atomic E-state index is 0.126. The minimum Gasteiger partial charge on any atom is -0.317 e. The van der Waals surface area contributed by atoms with Gasteiger partial charge in [0.15, 0.2) is 0 Å². The molecule has 0 amide bonds. The summed E-state index contributed by atoms with van der Waals surface area (Å²) in [6, 6.07) is 3.79. The lowest BCUT2D eigenvalue weighted by Gasteiger charge is -2.22. The van der Waals surface area contributed by atoms with Gasteiger partial charge in [-0.25, -0.2) is 13.1 Å². The smallest absolute Gasteiger partial charge is 0.250 e. The van der Waals surface area contributed by atoms with Crippen molar-refractivity contribution in [1.29, 1.82) is 0 Å². The predicted molar refractivity (Wildman–Crippen MR) is 83.8 cm³/mol. The highest BCUT2D eigenvalue weighted by molar-refractivity contribution is 7.91. The van der Waals surface area contributed by atoms with Crippen molar-refractivity contribution in [3.8, 4) is 0 Å². The van der Waals surface area contributed by atoms with Crippen molar-refractivity contribution in [1.82, 2.24) is 10.0 Å². The van der Waals surface area contributed by atoms with Crippen molar-refractivity contribution in [2.45, 2.75) is 55.7 Å². The van der Waals surface area contributed by atoms with Crippen LogP contribution < -0.4 is 10.0 Å². The summed E-state index contributed by atoms with van der Waals surface area (Å²) in [4.78, 5) is 1.12. The first-order valence-corrected chi connectivity index (χ1v) is 9.73. The van der Waals surface area contributed by atoms with Crippen LogP contribution in [-0.4, -0.2) is 27.5 Å². The van der Waals surface area contributed by atoms with Crippen LogP contribution in [0.25, 0.3) is 0 Å². The zero-order chi connectivity index (χ0) is 14.4. The van der Waals surface area contributed by atoms with Crippen LogP contribution in [0.3, 0.4) is 0 Å². The number of sulfonamides is 1. The fourth-order valence-electron chi connectivity index (χ4n) is 2.52. The fourth-order valence-corrected chi connectivity index (χ4v) is 5.20. The van der Waals surface area contributed by atoms with Crippen LogP contribution in [-0.2, 0) is 16.4 Å². The minimum atomic E-state index is -3.32. The molecule has 0 bridgehead atoms. The van der Waals surface area contributed by atoms with E-state index in [1.165, 1.54) is 17.8 Å². The second kappa shape index (κ2) is 7.54. The number of nitrogens with one attached hydrogen (secondary N) is 2. The van der Waals surface area contributed by atoms with Gasteiger partial charge in [-0.15, -0.1) is 11.3 Å². The Labute approximate surface area is 126 Å². The van der Waals surface area contributed by atoms with Gasteiger partial charge >= 0.3 is 0 Å². The van der Waals surface area contributed by atoms with Gasteiger partial charge in [0.1, 0.15) is 4.21 Å². The molecule has 4 nitrogen and oxygen atoms in total. The van der Waals surface area contributed by atoms with Crippen LogP contribution in [0.15, 0.2) is 16.3 Å². The molecule has 1 aliphatic rings. The summed E-state index contributed by atoms with van der Waals surface area (Å²) in [6.07, 6.45) is 6.32. The maximum Gasteiger partial charge on any atom is 0.250 e. The van der Waals surface area contributed by atoms with Gasteiger partial charge < -0.3 is 5.32 Å². The molecule has 0 atom stereocenters. The molecule has 0 aliphatic heterocycles. The molecule has 0 spiro atoms. The summed E-state index contributed by atoms with van der Waals surface area (Å²) in [6.45, 7) is 3.91. The third-order valence-corrected chi connectivity index (χ3v) is 6.78. The lowest BCUT2D eigenvalue weighted by molar-refractivity contribution is 0.412. The lowest BCUT2D eigenvalue weighted by atomic mass is 9.96. The first-order chi connectivity index (χ1) is 9.62. The highest BCUT2D eigenvalue weighted by Crippen LogP contribution is 2.24. The Balaban J connectivity index is 1.94. The maximum atomic E-state index is 12.3. The topological polar surface area (TPSA) is 58.2 Å². The monoisotopic (exact) mass is 316 g/mol. The normalized spacial score (nSPS) is 17.4. The molecule has 2 N–H and O–H groups in total. The van der Waals surface area contributed by atoms with Gasteiger partial charge in [-0.05, 0) is 44.5 Å². The van der Waals surface area contributed by atoms with Gasteiger partial charge in [0.2, 0.25) is 10.0 Å². The quantitative estimate of drug-likeness (QED) is 0.760. The Morgan fingerprint density at radius 1 is 1.25 bits per heavy atom. The number of hydrogen-bond donors (Lipinski definition) is 2. The Kier molecular flexibility index (Phi) is 6.01. The standard InChI is InChI=1S/C14H24N2O2S2/c1-2-15-11-10-13-8-9-14(19-13)20(17,18)16-12-6-4-3-5-7-12/h8-9,12,15-16H,2-7,10-11H2,1H3. The van der Waals surface area contributed by atoms with Crippen LogP contribution in [0.5, 0.6) is 0 Å². The van der Waals surface area contributed by atoms with Crippen molar-refractivity contribution in [2.75, 3.05) is 13.1 Å². The molecule has 0 aromatic carbocycles. The highest BCUT2D eigenvalue weighted by atomic mass is 32.2. The van der Waals surface area contributed by atoms with Crippen LogP contribution in [0.1, 0.15) is 43.9 Å². The van der Waals surface area contributed by atoms with Crippen molar-refractivity contribution < 1.29 is 8.42 Å². The van der Waals surface area contributed by atoms with Gasteiger partial charge in [-0.3, -0.25) is 0 Å². The summed E-state index contributed by atoms with van der Waals surface area (Å²) in [7, 11) is -3.32. The SMILES string of the molecule is CCNCCc1ccc(S(=O)(=O)NC2CCCCC2)s1.